The monoisotopic (exact) mass is 379 g/mol. The predicted molar refractivity (Wildman–Crippen MR) is 105 cm³/mol. The lowest BCUT2D eigenvalue weighted by atomic mass is 9.88. The summed E-state index contributed by atoms with van der Waals surface area (Å²) in [6, 6.07) is 10.7. The minimum Gasteiger partial charge on any atom is -0.508 e. The van der Waals surface area contributed by atoms with Crippen LogP contribution in [0.1, 0.15) is 40.9 Å². The summed E-state index contributed by atoms with van der Waals surface area (Å²) in [5.41, 5.74) is 2.32. The van der Waals surface area contributed by atoms with Crippen molar-refractivity contribution < 1.29 is 14.7 Å². The van der Waals surface area contributed by atoms with E-state index in [2.05, 4.69) is 10.3 Å². The third-order valence-electron chi connectivity index (χ3n) is 5.84. The van der Waals surface area contributed by atoms with Gasteiger partial charge in [-0.25, -0.2) is 0 Å². The normalized spacial score (nSPS) is 17.7. The van der Waals surface area contributed by atoms with E-state index in [1.54, 1.807) is 24.4 Å². The van der Waals surface area contributed by atoms with Gasteiger partial charge in [0.15, 0.2) is 0 Å². The van der Waals surface area contributed by atoms with Gasteiger partial charge in [-0.3, -0.25) is 14.6 Å². The number of aryl methyl sites for hydroxylation is 2. The number of aromatic nitrogens is 1. The van der Waals surface area contributed by atoms with Gasteiger partial charge in [0.1, 0.15) is 5.75 Å². The Bertz CT molecular complexity index is 884. The number of phenols is 1. The number of carbonyl (C=O) groups excluding carboxylic acids is 2. The number of amides is 2. The minimum absolute atomic E-state index is 0.00904. The molecule has 4 rings (SSSR count). The van der Waals surface area contributed by atoms with E-state index in [0.29, 0.717) is 37.4 Å². The van der Waals surface area contributed by atoms with Crippen LogP contribution >= 0.6 is 0 Å². The summed E-state index contributed by atoms with van der Waals surface area (Å²) in [6.07, 6.45) is 4.58. The summed E-state index contributed by atoms with van der Waals surface area (Å²) < 4.78 is 0. The number of rotatable bonds is 6. The molecule has 2 aromatic rings. The van der Waals surface area contributed by atoms with Gasteiger partial charge >= 0.3 is 0 Å². The van der Waals surface area contributed by atoms with Crippen LogP contribution in [0, 0.1) is 12.8 Å². The van der Waals surface area contributed by atoms with Crippen molar-refractivity contribution >= 4 is 11.8 Å². The summed E-state index contributed by atoms with van der Waals surface area (Å²) in [4.78, 5) is 30.9. The van der Waals surface area contributed by atoms with E-state index in [0.717, 1.165) is 24.1 Å². The van der Waals surface area contributed by atoms with Crippen LogP contribution in [-0.4, -0.2) is 45.4 Å². The molecule has 2 fully saturated rings. The molecule has 2 N–H and O–H groups in total. The van der Waals surface area contributed by atoms with Crippen LogP contribution in [0.25, 0.3) is 0 Å². The van der Waals surface area contributed by atoms with Crippen LogP contribution in [0.5, 0.6) is 5.75 Å². The fourth-order valence-electron chi connectivity index (χ4n) is 3.85. The van der Waals surface area contributed by atoms with Crippen LogP contribution in [0.2, 0.25) is 0 Å². The summed E-state index contributed by atoms with van der Waals surface area (Å²) >= 11 is 0. The van der Waals surface area contributed by atoms with Crippen molar-refractivity contribution in [1.29, 1.82) is 0 Å². The molecule has 1 saturated carbocycles. The van der Waals surface area contributed by atoms with Gasteiger partial charge in [-0.05, 0) is 56.0 Å². The fraction of sp³-hybridized carbons (Fsp3) is 0.409. The zero-order valence-corrected chi connectivity index (χ0v) is 16.0. The Morgan fingerprint density at radius 1 is 1.25 bits per heavy atom. The number of nitrogens with zero attached hydrogens (tertiary/aromatic N) is 2. The van der Waals surface area contributed by atoms with Gasteiger partial charge in [-0.1, -0.05) is 12.1 Å². The molecule has 1 aromatic carbocycles. The Labute approximate surface area is 164 Å². The number of likely N-dealkylation sites (tertiary alicyclic amines) is 1. The van der Waals surface area contributed by atoms with Crippen molar-refractivity contribution in [3.05, 3.63) is 59.4 Å². The highest BCUT2D eigenvalue weighted by Crippen LogP contribution is 2.46. The van der Waals surface area contributed by atoms with E-state index < -0.39 is 0 Å². The maximum atomic E-state index is 12.5. The van der Waals surface area contributed by atoms with E-state index >= 15 is 0 Å². The molecule has 1 saturated heterocycles. The Balaban J connectivity index is 1.27. The van der Waals surface area contributed by atoms with E-state index in [9.17, 15) is 14.7 Å². The maximum absolute atomic E-state index is 12.5. The number of hydrogen-bond acceptors (Lipinski definition) is 4. The molecule has 0 spiro atoms. The molecule has 6 heteroatoms. The standard InChI is InChI=1S/C22H25N3O3/c1-15-5-7-17(12-23-15)21(28)25-13-18(14-25)22(9-10-22)24-20(27)8-6-16-3-2-4-19(26)11-16/h2-5,7,11-12,18,26H,6,8-10,13-14H2,1H3,(H,24,27). The smallest absolute Gasteiger partial charge is 0.255 e. The molecule has 2 amide bonds. The molecule has 1 aromatic heterocycles. The number of aromatic hydroxyl groups is 1. The number of hydrogen-bond donors (Lipinski definition) is 2. The van der Waals surface area contributed by atoms with Gasteiger partial charge < -0.3 is 15.3 Å². The summed E-state index contributed by atoms with van der Waals surface area (Å²) in [5, 5.41) is 12.7. The van der Waals surface area contributed by atoms with Crippen molar-refractivity contribution in [1.82, 2.24) is 15.2 Å². The molecule has 2 aliphatic rings. The zero-order chi connectivity index (χ0) is 19.7. The molecular formula is C22H25N3O3. The minimum atomic E-state index is -0.141. The Hall–Kier alpha value is -2.89. The quantitative estimate of drug-likeness (QED) is 0.808. The van der Waals surface area contributed by atoms with Crippen LogP contribution in [0.15, 0.2) is 42.6 Å². The second-order valence-electron chi connectivity index (χ2n) is 7.97. The topological polar surface area (TPSA) is 82.5 Å². The van der Waals surface area contributed by atoms with Gasteiger partial charge in [0.25, 0.3) is 5.91 Å². The number of carbonyl (C=O) groups is 2. The fourth-order valence-corrected chi connectivity index (χ4v) is 3.85. The van der Waals surface area contributed by atoms with E-state index in [4.69, 9.17) is 0 Å². The molecular weight excluding hydrogens is 354 g/mol. The molecule has 6 nitrogen and oxygen atoms in total. The SMILES string of the molecule is Cc1ccc(C(=O)N2CC(C3(NC(=O)CCc4cccc(O)c4)CC3)C2)cn1. The van der Waals surface area contributed by atoms with Gasteiger partial charge in [-0.2, -0.15) is 0 Å². The first-order valence-electron chi connectivity index (χ1n) is 9.76. The summed E-state index contributed by atoms with van der Waals surface area (Å²) in [7, 11) is 0. The zero-order valence-electron chi connectivity index (χ0n) is 16.0. The lowest BCUT2D eigenvalue weighted by molar-refractivity contribution is -0.122. The molecule has 2 heterocycles. The van der Waals surface area contributed by atoms with Crippen molar-refractivity contribution in [3.63, 3.8) is 0 Å². The maximum Gasteiger partial charge on any atom is 0.255 e. The van der Waals surface area contributed by atoms with Crippen LogP contribution < -0.4 is 5.32 Å². The number of nitrogens with one attached hydrogen (secondary N) is 1. The Morgan fingerprint density at radius 2 is 2.04 bits per heavy atom. The van der Waals surface area contributed by atoms with Gasteiger partial charge in [0.05, 0.1) is 5.56 Å². The van der Waals surface area contributed by atoms with E-state index in [1.165, 1.54) is 0 Å². The van der Waals surface area contributed by atoms with Crippen LogP contribution in [0.3, 0.4) is 0 Å². The van der Waals surface area contributed by atoms with Crippen LogP contribution in [0.4, 0.5) is 0 Å². The largest absolute Gasteiger partial charge is 0.508 e. The lowest BCUT2D eigenvalue weighted by Crippen LogP contribution is -2.59. The molecule has 0 bridgehead atoms. The Kier molecular flexibility index (Phi) is 4.79. The molecule has 0 atom stereocenters. The molecule has 0 unspecified atom stereocenters. The molecule has 1 aliphatic carbocycles. The average molecular weight is 379 g/mol. The number of benzene rings is 1. The Morgan fingerprint density at radius 3 is 2.68 bits per heavy atom. The molecule has 28 heavy (non-hydrogen) atoms. The van der Waals surface area contributed by atoms with Crippen molar-refractivity contribution in [3.8, 4) is 5.75 Å². The third-order valence-corrected chi connectivity index (χ3v) is 5.84. The predicted octanol–water partition coefficient (Wildman–Crippen LogP) is 2.45. The van der Waals surface area contributed by atoms with Crippen molar-refractivity contribution in [2.45, 2.75) is 38.1 Å². The third kappa shape index (κ3) is 3.86. The first-order valence-corrected chi connectivity index (χ1v) is 9.76. The second kappa shape index (κ2) is 7.26. The van der Waals surface area contributed by atoms with Gasteiger partial charge in [-0.15, -0.1) is 0 Å². The first-order chi connectivity index (χ1) is 13.4. The van der Waals surface area contributed by atoms with E-state index in [-0.39, 0.29) is 23.1 Å². The summed E-state index contributed by atoms with van der Waals surface area (Å²) in [6.45, 7) is 3.26. The highest BCUT2D eigenvalue weighted by molar-refractivity contribution is 5.94. The first kappa shape index (κ1) is 18.5. The molecule has 1 aliphatic heterocycles. The molecule has 0 radical (unpaired) electrons. The van der Waals surface area contributed by atoms with Gasteiger partial charge in [0.2, 0.25) is 5.91 Å². The number of phenolic OH excluding ortho intramolecular Hbond substituents is 1. The van der Waals surface area contributed by atoms with Gasteiger partial charge in [0, 0.05) is 42.9 Å². The highest BCUT2D eigenvalue weighted by Gasteiger charge is 2.55. The van der Waals surface area contributed by atoms with E-state index in [1.807, 2.05) is 30.0 Å². The summed E-state index contributed by atoms with van der Waals surface area (Å²) in [5.74, 6) is 0.585. The van der Waals surface area contributed by atoms with Crippen LogP contribution in [-0.2, 0) is 11.2 Å². The van der Waals surface area contributed by atoms with Crippen molar-refractivity contribution in [2.75, 3.05) is 13.1 Å². The molecule has 146 valence electrons. The second-order valence-corrected chi connectivity index (χ2v) is 7.97. The van der Waals surface area contributed by atoms with Crippen molar-refractivity contribution in [2.24, 2.45) is 5.92 Å². The number of pyridine rings is 1. The highest BCUT2D eigenvalue weighted by atomic mass is 16.3. The average Bonchev–Trinajstić information content (AvgIpc) is 3.39. The lowest BCUT2D eigenvalue weighted by Gasteiger charge is -2.44.